The zero-order valence-electron chi connectivity index (χ0n) is 28.2. The number of carbonyl (C=O) groups excluding carboxylic acids is 4. The summed E-state index contributed by atoms with van der Waals surface area (Å²) in [5.41, 5.74) is 1.33. The number of fused-ring (bicyclic) bond motifs is 2. The molecule has 0 radical (unpaired) electrons. The molecule has 10 nitrogen and oxygen atoms in total. The van der Waals surface area contributed by atoms with Crippen molar-refractivity contribution in [1.29, 1.82) is 0 Å². The van der Waals surface area contributed by atoms with Gasteiger partial charge in [-0.2, -0.15) is 0 Å². The van der Waals surface area contributed by atoms with Crippen LogP contribution >= 0.6 is 11.6 Å². The Balaban J connectivity index is 1.35. The molecule has 4 aliphatic heterocycles. The average Bonchev–Trinajstić information content (AvgIpc) is 3.53. The minimum Gasteiger partial charge on any atom is -0.463 e. The van der Waals surface area contributed by atoms with Gasteiger partial charge in [-0.3, -0.25) is 19.2 Å². The molecule has 0 aliphatic carbocycles. The van der Waals surface area contributed by atoms with Gasteiger partial charge in [-0.05, 0) is 42.5 Å². The number of benzene rings is 3. The number of cyclic esters (lactones) is 1. The van der Waals surface area contributed by atoms with E-state index in [4.69, 9.17) is 21.1 Å². The number of anilines is 1. The Bertz CT molecular complexity index is 1850. The van der Waals surface area contributed by atoms with Gasteiger partial charge in [-0.15, -0.1) is 0 Å². The molecule has 3 aromatic rings. The van der Waals surface area contributed by atoms with Gasteiger partial charge < -0.3 is 29.7 Å². The number of halogens is 1. The number of aryl methyl sites for hydroxylation is 1. The first-order valence-electron chi connectivity index (χ1n) is 17.3. The summed E-state index contributed by atoms with van der Waals surface area (Å²) in [6.45, 7) is 1.49. The number of aliphatic hydroxyl groups is 1. The predicted molar refractivity (Wildman–Crippen MR) is 191 cm³/mol. The van der Waals surface area contributed by atoms with Crippen molar-refractivity contribution >= 4 is 41.0 Å². The van der Waals surface area contributed by atoms with Crippen LogP contribution in [-0.2, 0) is 35.1 Å². The molecule has 11 heteroatoms. The molecule has 0 aromatic heterocycles. The second-order valence-electron chi connectivity index (χ2n) is 13.5. The van der Waals surface area contributed by atoms with Crippen molar-refractivity contribution in [2.24, 2.45) is 11.8 Å². The number of hydrogen-bond acceptors (Lipinski definition) is 7. The number of carbonyl (C=O) groups is 4. The molecule has 2 fully saturated rings. The van der Waals surface area contributed by atoms with E-state index in [0.717, 1.165) is 16.7 Å². The number of rotatable bonds is 6. The Hall–Kier alpha value is -4.77. The number of allylic oxidation sites excluding steroid dienone is 1. The molecule has 2 saturated heterocycles. The first kappa shape index (κ1) is 34.7. The zero-order chi connectivity index (χ0) is 35.7. The summed E-state index contributed by atoms with van der Waals surface area (Å²) in [6.07, 6.45) is 6.85. The number of nitrogens with zero attached hydrogens (tertiary/aromatic N) is 2. The van der Waals surface area contributed by atoms with Crippen LogP contribution in [0.3, 0.4) is 0 Å². The Morgan fingerprint density at radius 1 is 0.961 bits per heavy atom. The van der Waals surface area contributed by atoms with Gasteiger partial charge >= 0.3 is 5.97 Å². The van der Waals surface area contributed by atoms with Crippen LogP contribution in [0.15, 0.2) is 103 Å². The number of amides is 3. The van der Waals surface area contributed by atoms with Gasteiger partial charge in [0.2, 0.25) is 11.8 Å². The number of nitrogens with one attached hydrogen (secondary N) is 1. The average molecular weight is 710 g/mol. The minimum atomic E-state index is -1.56. The lowest BCUT2D eigenvalue weighted by Crippen LogP contribution is -2.58. The molecule has 0 unspecified atom stereocenters. The number of likely N-dealkylation sites (tertiary alicyclic amines) is 1. The maximum Gasteiger partial charge on any atom is 0.306 e. The number of aliphatic hydroxyl groups excluding tert-OH is 1. The molecule has 0 saturated carbocycles. The molecule has 51 heavy (non-hydrogen) atoms. The summed E-state index contributed by atoms with van der Waals surface area (Å²) in [6, 6.07) is 21.3. The van der Waals surface area contributed by atoms with Crippen LogP contribution < -0.4 is 10.2 Å². The van der Waals surface area contributed by atoms with Crippen LogP contribution in [-0.4, -0.2) is 77.2 Å². The Morgan fingerprint density at radius 3 is 2.43 bits per heavy atom. The number of para-hydroxylation sites is 1. The molecular formula is C40H40ClN3O7. The van der Waals surface area contributed by atoms with Crippen molar-refractivity contribution in [2.45, 2.75) is 56.0 Å². The third-order valence-corrected chi connectivity index (χ3v) is 10.7. The standard InChI is InChI=1S/C40H40ClN3O7/c1-25-12-10-17-29(41)35(25)43-21-11-20-40-34(38(48)44(36(40)39(43)49)28(23-45)22-26-13-4-2-5-14-26)33-31(51-40)18-8-9-19-32(46)50-24-30(42-37(33)47)27-15-6-3-7-16-27/h2-8,10-18,20,28,30-31,33-34,36,45H,9,19,21-24H2,1H3,(H,42,47)/b18-8-/t28-,30+,31-,33+,34+,36-,40+/m1/s1. The second kappa shape index (κ2) is 14.5. The maximum absolute atomic E-state index is 15.1. The fraction of sp³-hybridized carbons (Fsp3) is 0.350. The van der Waals surface area contributed by atoms with Crippen molar-refractivity contribution < 1.29 is 33.8 Å². The van der Waals surface area contributed by atoms with E-state index in [0.29, 0.717) is 17.1 Å². The van der Waals surface area contributed by atoms with Gasteiger partial charge in [0.1, 0.15) is 18.2 Å². The van der Waals surface area contributed by atoms with Crippen LogP contribution in [0, 0.1) is 18.8 Å². The Labute approximate surface area is 301 Å². The maximum atomic E-state index is 15.1. The summed E-state index contributed by atoms with van der Waals surface area (Å²) in [7, 11) is 0. The summed E-state index contributed by atoms with van der Waals surface area (Å²) in [5.74, 6) is -3.93. The largest absolute Gasteiger partial charge is 0.463 e. The van der Waals surface area contributed by atoms with Gasteiger partial charge in [0.15, 0.2) is 0 Å². The van der Waals surface area contributed by atoms with E-state index >= 15 is 9.59 Å². The predicted octanol–water partition coefficient (Wildman–Crippen LogP) is 4.49. The normalized spacial score (nSPS) is 29.1. The molecule has 2 N–H and O–H groups in total. The van der Waals surface area contributed by atoms with Crippen LogP contribution in [0.5, 0.6) is 0 Å². The number of esters is 1. The Kier molecular flexibility index (Phi) is 9.83. The summed E-state index contributed by atoms with van der Waals surface area (Å²) < 4.78 is 12.5. The summed E-state index contributed by atoms with van der Waals surface area (Å²) >= 11 is 6.72. The molecule has 3 amide bonds. The second-order valence-corrected chi connectivity index (χ2v) is 13.9. The van der Waals surface area contributed by atoms with E-state index in [1.807, 2.05) is 79.7 Å². The molecule has 264 valence electrons. The van der Waals surface area contributed by atoms with Crippen molar-refractivity contribution in [3.63, 3.8) is 0 Å². The van der Waals surface area contributed by atoms with Gasteiger partial charge in [0.05, 0.1) is 47.3 Å². The number of ether oxygens (including phenoxy) is 2. The molecule has 1 spiro atoms. The summed E-state index contributed by atoms with van der Waals surface area (Å²) in [5, 5.41) is 14.3. The van der Waals surface area contributed by atoms with Crippen LogP contribution in [0.4, 0.5) is 5.69 Å². The van der Waals surface area contributed by atoms with Gasteiger partial charge in [0, 0.05) is 13.0 Å². The first-order chi connectivity index (χ1) is 24.7. The van der Waals surface area contributed by atoms with E-state index in [9.17, 15) is 14.7 Å². The minimum absolute atomic E-state index is 0.0940. The third-order valence-electron chi connectivity index (χ3n) is 10.4. The Morgan fingerprint density at radius 2 is 1.71 bits per heavy atom. The van der Waals surface area contributed by atoms with E-state index in [1.165, 1.54) is 4.90 Å². The SMILES string of the molecule is Cc1cccc(Cl)c1N1CC=C[C@]23O[C@@H]4/C=C\CCC(=O)OC[C@@H](c5ccccc5)NC(=O)[C@@H]4[C@H]2C(=O)N([C@@H](CO)Cc2ccccc2)[C@@H]3C1=O. The molecule has 7 atom stereocenters. The van der Waals surface area contributed by atoms with Gasteiger partial charge in [0.25, 0.3) is 5.91 Å². The van der Waals surface area contributed by atoms with Crippen LogP contribution in [0.1, 0.15) is 35.6 Å². The van der Waals surface area contributed by atoms with Crippen molar-refractivity contribution in [3.05, 3.63) is 125 Å². The molecular weight excluding hydrogens is 670 g/mol. The lowest BCUT2D eigenvalue weighted by molar-refractivity contribution is -0.146. The van der Waals surface area contributed by atoms with Crippen LogP contribution in [0.2, 0.25) is 5.02 Å². The van der Waals surface area contributed by atoms with E-state index in [2.05, 4.69) is 5.32 Å². The third kappa shape index (κ3) is 6.37. The summed E-state index contributed by atoms with van der Waals surface area (Å²) in [4.78, 5) is 60.3. The molecule has 7 rings (SSSR count). The van der Waals surface area contributed by atoms with Crippen LogP contribution in [0.25, 0.3) is 0 Å². The van der Waals surface area contributed by atoms with Crippen molar-refractivity contribution in [2.75, 3.05) is 24.7 Å². The topological polar surface area (TPSA) is 125 Å². The molecule has 3 aromatic carbocycles. The lowest BCUT2D eigenvalue weighted by atomic mass is 9.77. The fourth-order valence-electron chi connectivity index (χ4n) is 8.07. The molecule has 4 heterocycles. The highest BCUT2D eigenvalue weighted by Gasteiger charge is 2.72. The molecule has 4 aliphatic rings. The number of hydrogen-bond donors (Lipinski definition) is 2. The van der Waals surface area contributed by atoms with Gasteiger partial charge in [-0.25, -0.2) is 0 Å². The van der Waals surface area contributed by atoms with E-state index in [-0.39, 0.29) is 26.0 Å². The zero-order valence-corrected chi connectivity index (χ0v) is 28.9. The monoisotopic (exact) mass is 709 g/mol. The lowest BCUT2D eigenvalue weighted by Gasteiger charge is -2.39. The quantitative estimate of drug-likeness (QED) is 0.286. The van der Waals surface area contributed by atoms with Crippen molar-refractivity contribution in [1.82, 2.24) is 10.2 Å². The highest BCUT2D eigenvalue weighted by Crippen LogP contribution is 2.54. The fourth-order valence-corrected chi connectivity index (χ4v) is 8.40. The smallest absolute Gasteiger partial charge is 0.306 e. The highest BCUT2D eigenvalue weighted by molar-refractivity contribution is 6.34. The molecule has 0 bridgehead atoms. The van der Waals surface area contributed by atoms with Gasteiger partial charge in [-0.1, -0.05) is 109 Å². The van der Waals surface area contributed by atoms with E-state index in [1.54, 1.807) is 35.3 Å². The van der Waals surface area contributed by atoms with Crippen molar-refractivity contribution in [3.8, 4) is 0 Å². The first-order valence-corrected chi connectivity index (χ1v) is 17.7. The van der Waals surface area contributed by atoms with E-state index < -0.39 is 72.0 Å². The highest BCUT2D eigenvalue weighted by atomic mass is 35.5.